The summed E-state index contributed by atoms with van der Waals surface area (Å²) in [5.74, 6) is -1.66. The Bertz CT molecular complexity index is 1170. The molecule has 32 heavy (non-hydrogen) atoms. The zero-order valence-electron chi connectivity index (χ0n) is 17.5. The Labute approximate surface area is 183 Å². The first kappa shape index (κ1) is 22.3. The fraction of sp³-hybridized carbons (Fsp3) is 0.348. The van der Waals surface area contributed by atoms with E-state index in [1.165, 1.54) is 24.3 Å². The van der Waals surface area contributed by atoms with Crippen LogP contribution in [-0.4, -0.2) is 32.5 Å². The highest BCUT2D eigenvalue weighted by Crippen LogP contribution is 2.21. The van der Waals surface area contributed by atoms with Crippen molar-refractivity contribution in [2.75, 3.05) is 13.2 Å². The van der Waals surface area contributed by atoms with Gasteiger partial charge < -0.3 is 10.8 Å². The van der Waals surface area contributed by atoms with Gasteiger partial charge in [-0.25, -0.2) is 17.9 Å². The van der Waals surface area contributed by atoms with E-state index in [0.717, 1.165) is 17.3 Å². The minimum Gasteiger partial charge on any atom is -0.394 e. The number of nitrogens with two attached hydrogens (primary N) is 1. The van der Waals surface area contributed by atoms with Crippen molar-refractivity contribution in [1.82, 2.24) is 14.3 Å². The van der Waals surface area contributed by atoms with Crippen molar-refractivity contribution in [3.05, 3.63) is 92.2 Å². The average molecular weight is 446 g/mol. The molecular formula is C23H25F3N4O2. The third-order valence-electron chi connectivity index (χ3n) is 5.84. The summed E-state index contributed by atoms with van der Waals surface area (Å²) in [6.45, 7) is 1.70. The van der Waals surface area contributed by atoms with Crippen molar-refractivity contribution >= 4 is 0 Å². The molecular weight excluding hydrogens is 421 g/mol. The van der Waals surface area contributed by atoms with Gasteiger partial charge in [-0.05, 0) is 41.0 Å². The lowest BCUT2D eigenvalue weighted by atomic mass is 10.1. The molecule has 3 N–H and O–H groups in total. The first-order valence-electron chi connectivity index (χ1n) is 10.5. The fourth-order valence-corrected chi connectivity index (χ4v) is 4.40. The highest BCUT2D eigenvalue weighted by Gasteiger charge is 2.26. The largest absolute Gasteiger partial charge is 0.394 e. The van der Waals surface area contributed by atoms with Crippen LogP contribution in [0.1, 0.15) is 27.9 Å². The van der Waals surface area contributed by atoms with E-state index in [2.05, 4.69) is 0 Å². The number of benzene rings is 2. The molecule has 6 nitrogen and oxygen atoms in total. The Balaban J connectivity index is 1.65. The SMILES string of the molecule is NCc1cc(F)ccc1Cn1c(=O)c2c(n1CCO)CCN(Cc1cc(F)cc(F)c1)C2. The van der Waals surface area contributed by atoms with Crippen molar-refractivity contribution in [2.24, 2.45) is 5.73 Å². The Kier molecular flexibility index (Phi) is 6.50. The molecule has 0 unspecified atom stereocenters. The third kappa shape index (κ3) is 4.50. The summed E-state index contributed by atoms with van der Waals surface area (Å²) in [5, 5.41) is 9.57. The summed E-state index contributed by atoms with van der Waals surface area (Å²) in [4.78, 5) is 15.3. The molecule has 0 bridgehead atoms. The van der Waals surface area contributed by atoms with Gasteiger partial charge in [-0.2, -0.15) is 0 Å². The van der Waals surface area contributed by atoms with Crippen LogP contribution in [0.3, 0.4) is 0 Å². The lowest BCUT2D eigenvalue weighted by molar-refractivity contribution is 0.232. The summed E-state index contributed by atoms with van der Waals surface area (Å²) >= 11 is 0. The molecule has 170 valence electrons. The smallest absolute Gasteiger partial charge is 0.271 e. The predicted octanol–water partition coefficient (Wildman–Crippen LogP) is 2.12. The lowest BCUT2D eigenvalue weighted by Gasteiger charge is -2.27. The van der Waals surface area contributed by atoms with Crippen LogP contribution in [0.4, 0.5) is 13.2 Å². The molecule has 2 aromatic carbocycles. The lowest BCUT2D eigenvalue weighted by Crippen LogP contribution is -2.32. The Morgan fingerprint density at radius 2 is 1.69 bits per heavy atom. The number of hydrogen-bond acceptors (Lipinski definition) is 4. The van der Waals surface area contributed by atoms with Gasteiger partial charge in [0.1, 0.15) is 17.5 Å². The number of nitrogens with zero attached hydrogens (tertiary/aromatic N) is 3. The number of aromatic nitrogens is 2. The molecule has 0 spiro atoms. The number of aliphatic hydroxyl groups excluding tert-OH is 1. The van der Waals surface area contributed by atoms with Gasteiger partial charge in [0, 0.05) is 44.4 Å². The quantitative estimate of drug-likeness (QED) is 0.583. The molecule has 0 aliphatic carbocycles. The molecule has 1 aromatic heterocycles. The molecule has 9 heteroatoms. The van der Waals surface area contributed by atoms with Gasteiger partial charge in [-0.1, -0.05) is 6.07 Å². The number of hydrogen-bond donors (Lipinski definition) is 2. The van der Waals surface area contributed by atoms with Crippen LogP contribution < -0.4 is 11.3 Å². The predicted molar refractivity (Wildman–Crippen MR) is 113 cm³/mol. The van der Waals surface area contributed by atoms with E-state index >= 15 is 0 Å². The Morgan fingerprint density at radius 3 is 2.38 bits per heavy atom. The first-order chi connectivity index (χ1) is 15.4. The molecule has 0 saturated carbocycles. The minimum absolute atomic E-state index is 0.139. The second kappa shape index (κ2) is 9.32. The van der Waals surface area contributed by atoms with Crippen molar-refractivity contribution in [2.45, 2.75) is 39.1 Å². The second-order valence-corrected chi connectivity index (χ2v) is 7.99. The fourth-order valence-electron chi connectivity index (χ4n) is 4.40. The van der Waals surface area contributed by atoms with Crippen molar-refractivity contribution in [3.8, 4) is 0 Å². The molecule has 4 rings (SSSR count). The Morgan fingerprint density at radius 1 is 0.938 bits per heavy atom. The molecule has 0 saturated heterocycles. The zero-order valence-corrected chi connectivity index (χ0v) is 17.5. The molecule has 0 atom stereocenters. The van der Waals surface area contributed by atoms with Crippen LogP contribution >= 0.6 is 0 Å². The van der Waals surface area contributed by atoms with Crippen LogP contribution in [0.2, 0.25) is 0 Å². The van der Waals surface area contributed by atoms with Gasteiger partial charge in [-0.3, -0.25) is 14.4 Å². The number of aliphatic hydroxyl groups is 1. The second-order valence-electron chi connectivity index (χ2n) is 7.99. The first-order valence-corrected chi connectivity index (χ1v) is 10.5. The number of fused-ring (bicyclic) bond motifs is 1. The van der Waals surface area contributed by atoms with Gasteiger partial charge in [-0.15, -0.1) is 0 Å². The molecule has 2 heterocycles. The van der Waals surface area contributed by atoms with E-state index < -0.39 is 17.5 Å². The van der Waals surface area contributed by atoms with E-state index in [1.807, 2.05) is 4.90 Å². The highest BCUT2D eigenvalue weighted by molar-refractivity contribution is 5.29. The van der Waals surface area contributed by atoms with E-state index in [0.29, 0.717) is 42.7 Å². The molecule has 0 radical (unpaired) electrons. The zero-order chi connectivity index (χ0) is 22.8. The monoisotopic (exact) mass is 446 g/mol. The molecule has 1 aliphatic rings. The molecule has 1 aliphatic heterocycles. The van der Waals surface area contributed by atoms with Gasteiger partial charge in [0.25, 0.3) is 5.56 Å². The molecule has 3 aromatic rings. The van der Waals surface area contributed by atoms with Crippen LogP contribution in [0.15, 0.2) is 41.2 Å². The summed E-state index contributed by atoms with van der Waals surface area (Å²) in [7, 11) is 0. The van der Waals surface area contributed by atoms with Crippen molar-refractivity contribution in [1.29, 1.82) is 0 Å². The van der Waals surface area contributed by atoms with Gasteiger partial charge in [0.15, 0.2) is 0 Å². The van der Waals surface area contributed by atoms with Gasteiger partial charge >= 0.3 is 0 Å². The number of rotatable bonds is 7. The molecule has 0 fully saturated rings. The van der Waals surface area contributed by atoms with Crippen LogP contribution in [0.5, 0.6) is 0 Å². The van der Waals surface area contributed by atoms with E-state index in [1.54, 1.807) is 15.4 Å². The average Bonchev–Trinajstić information content (AvgIpc) is 3.00. The van der Waals surface area contributed by atoms with Crippen LogP contribution in [0.25, 0.3) is 0 Å². The van der Waals surface area contributed by atoms with E-state index in [-0.39, 0.29) is 31.8 Å². The van der Waals surface area contributed by atoms with E-state index in [4.69, 9.17) is 5.73 Å². The molecule has 0 amide bonds. The maximum atomic E-state index is 13.6. The third-order valence-corrected chi connectivity index (χ3v) is 5.84. The summed E-state index contributed by atoms with van der Waals surface area (Å²) in [5.41, 5.74) is 8.84. The van der Waals surface area contributed by atoms with Crippen molar-refractivity contribution in [3.63, 3.8) is 0 Å². The minimum atomic E-state index is -0.635. The maximum absolute atomic E-state index is 13.6. The topological polar surface area (TPSA) is 76.4 Å². The van der Waals surface area contributed by atoms with Crippen molar-refractivity contribution < 1.29 is 18.3 Å². The summed E-state index contributed by atoms with van der Waals surface area (Å²) < 4.78 is 44.0. The summed E-state index contributed by atoms with van der Waals surface area (Å²) in [6.07, 6.45) is 0.558. The van der Waals surface area contributed by atoms with Crippen LogP contribution in [0, 0.1) is 17.5 Å². The normalized spacial score (nSPS) is 14.0. The van der Waals surface area contributed by atoms with Gasteiger partial charge in [0.2, 0.25) is 0 Å². The summed E-state index contributed by atoms with van der Waals surface area (Å²) in [6, 6.07) is 7.71. The Hall–Kier alpha value is -2.88. The standard InChI is InChI=1S/C23H25F3N4O2/c24-18-2-1-16(17(9-18)11-27)13-30-23(32)21-14-28(4-3-22(21)29(30)5-6-31)12-15-7-19(25)10-20(26)8-15/h1-2,7-10,31H,3-6,11-14,27H2. The van der Waals surface area contributed by atoms with Crippen LogP contribution in [-0.2, 0) is 39.1 Å². The maximum Gasteiger partial charge on any atom is 0.271 e. The van der Waals surface area contributed by atoms with E-state index in [9.17, 15) is 23.1 Å². The number of halogens is 3. The van der Waals surface area contributed by atoms with Gasteiger partial charge in [0.05, 0.1) is 25.3 Å². The highest BCUT2D eigenvalue weighted by atomic mass is 19.1.